The molecule has 0 aromatic rings. The monoisotopic (exact) mass is 259 g/mol. The van der Waals surface area contributed by atoms with Crippen molar-refractivity contribution in [1.82, 2.24) is 4.31 Å². The first kappa shape index (κ1) is 13.0. The van der Waals surface area contributed by atoms with E-state index in [4.69, 9.17) is 0 Å². The van der Waals surface area contributed by atoms with Gasteiger partial charge in [0.25, 0.3) is 0 Å². The fourth-order valence-electron chi connectivity index (χ4n) is 3.09. The Labute approximate surface area is 103 Å². The summed E-state index contributed by atoms with van der Waals surface area (Å²) in [6.45, 7) is 2.28. The zero-order valence-corrected chi connectivity index (χ0v) is 11.2. The van der Waals surface area contributed by atoms with Crippen molar-refractivity contribution in [3.8, 4) is 0 Å². The van der Waals surface area contributed by atoms with Crippen molar-refractivity contribution in [2.75, 3.05) is 12.3 Å². The summed E-state index contributed by atoms with van der Waals surface area (Å²) in [5, 5.41) is 0. The highest BCUT2D eigenvalue weighted by molar-refractivity contribution is 7.89. The van der Waals surface area contributed by atoms with Crippen molar-refractivity contribution < 1.29 is 13.2 Å². The molecule has 0 aromatic heterocycles. The van der Waals surface area contributed by atoms with Gasteiger partial charge in [-0.05, 0) is 32.6 Å². The summed E-state index contributed by atoms with van der Waals surface area (Å²) < 4.78 is 25.7. The van der Waals surface area contributed by atoms with E-state index in [0.717, 1.165) is 32.1 Å². The standard InChI is InChI=1S/C12H21NO3S/c1-2-17(15,16)13-9-4-3-7-11(13)10-6-5-8-12(10)14/h10-11H,2-9H2,1H3. The molecular weight excluding hydrogens is 238 g/mol. The molecule has 17 heavy (non-hydrogen) atoms. The number of piperidine rings is 1. The van der Waals surface area contributed by atoms with Gasteiger partial charge in [-0.1, -0.05) is 6.42 Å². The number of sulfonamides is 1. The SMILES string of the molecule is CCS(=O)(=O)N1CCCCC1C1CCCC1=O. The first-order chi connectivity index (χ1) is 8.06. The van der Waals surface area contributed by atoms with Gasteiger partial charge in [-0.15, -0.1) is 0 Å². The second-order valence-corrected chi connectivity index (χ2v) is 7.25. The number of nitrogens with zero attached hydrogens (tertiary/aromatic N) is 1. The molecule has 2 unspecified atom stereocenters. The van der Waals surface area contributed by atoms with Crippen LogP contribution in [0.2, 0.25) is 0 Å². The van der Waals surface area contributed by atoms with Gasteiger partial charge in [-0.3, -0.25) is 4.79 Å². The lowest BCUT2D eigenvalue weighted by molar-refractivity contribution is -0.122. The average molecular weight is 259 g/mol. The van der Waals surface area contributed by atoms with Gasteiger partial charge in [-0.2, -0.15) is 4.31 Å². The topological polar surface area (TPSA) is 54.5 Å². The van der Waals surface area contributed by atoms with Gasteiger partial charge < -0.3 is 0 Å². The molecule has 0 amide bonds. The van der Waals surface area contributed by atoms with Crippen LogP contribution >= 0.6 is 0 Å². The quantitative estimate of drug-likeness (QED) is 0.773. The molecule has 2 atom stereocenters. The summed E-state index contributed by atoms with van der Waals surface area (Å²) in [5.41, 5.74) is 0. The van der Waals surface area contributed by atoms with Crippen LogP contribution in [-0.4, -0.2) is 36.8 Å². The molecule has 0 radical (unpaired) electrons. The molecule has 0 bridgehead atoms. The molecular formula is C12H21NO3S. The van der Waals surface area contributed by atoms with Crippen LogP contribution in [0.3, 0.4) is 0 Å². The predicted molar refractivity (Wildman–Crippen MR) is 66.2 cm³/mol. The molecule has 5 heteroatoms. The van der Waals surface area contributed by atoms with E-state index in [-0.39, 0.29) is 23.5 Å². The highest BCUT2D eigenvalue weighted by Gasteiger charge is 2.40. The molecule has 4 nitrogen and oxygen atoms in total. The van der Waals surface area contributed by atoms with E-state index in [2.05, 4.69) is 0 Å². The van der Waals surface area contributed by atoms with Gasteiger partial charge >= 0.3 is 0 Å². The maximum absolute atomic E-state index is 12.0. The Morgan fingerprint density at radius 3 is 2.59 bits per heavy atom. The molecule has 0 aromatic carbocycles. The predicted octanol–water partition coefficient (Wildman–Crippen LogP) is 1.56. The molecule has 1 aliphatic carbocycles. The Kier molecular flexibility index (Phi) is 3.88. The maximum atomic E-state index is 12.0. The molecule has 98 valence electrons. The number of carbonyl (C=O) groups is 1. The summed E-state index contributed by atoms with van der Waals surface area (Å²) in [4.78, 5) is 11.8. The van der Waals surface area contributed by atoms with Gasteiger partial charge in [0, 0.05) is 24.9 Å². The zero-order chi connectivity index (χ0) is 12.5. The minimum Gasteiger partial charge on any atom is -0.299 e. The number of hydrogen-bond donors (Lipinski definition) is 0. The third-order valence-corrected chi connectivity index (χ3v) is 5.93. The Bertz CT molecular complexity index is 391. The van der Waals surface area contributed by atoms with Crippen molar-refractivity contribution >= 4 is 15.8 Å². The second kappa shape index (κ2) is 5.06. The van der Waals surface area contributed by atoms with Crippen LogP contribution in [0.5, 0.6) is 0 Å². The summed E-state index contributed by atoms with van der Waals surface area (Å²) in [5.74, 6) is 0.384. The van der Waals surface area contributed by atoms with Crippen LogP contribution in [0.1, 0.15) is 45.4 Å². The first-order valence-electron chi connectivity index (χ1n) is 6.58. The average Bonchev–Trinajstić information content (AvgIpc) is 2.75. The van der Waals surface area contributed by atoms with Crippen molar-refractivity contribution in [1.29, 1.82) is 0 Å². The number of carbonyl (C=O) groups excluding carboxylic acids is 1. The second-order valence-electron chi connectivity index (χ2n) is 5.04. The van der Waals surface area contributed by atoms with Crippen LogP contribution in [0.15, 0.2) is 0 Å². The van der Waals surface area contributed by atoms with Gasteiger partial charge in [0.2, 0.25) is 10.0 Å². The summed E-state index contributed by atoms with van der Waals surface area (Å²) in [6, 6.07) is -0.0521. The smallest absolute Gasteiger partial charge is 0.214 e. The summed E-state index contributed by atoms with van der Waals surface area (Å²) in [7, 11) is -3.15. The van der Waals surface area contributed by atoms with Crippen molar-refractivity contribution in [3.63, 3.8) is 0 Å². The van der Waals surface area contributed by atoms with Crippen molar-refractivity contribution in [2.24, 2.45) is 5.92 Å². The molecule has 1 heterocycles. The van der Waals surface area contributed by atoms with Gasteiger partial charge in [0.1, 0.15) is 5.78 Å². The Morgan fingerprint density at radius 2 is 2.00 bits per heavy atom. The van der Waals surface area contributed by atoms with Crippen molar-refractivity contribution in [2.45, 2.75) is 51.5 Å². The van der Waals surface area contributed by atoms with Crippen LogP contribution in [0, 0.1) is 5.92 Å². The molecule has 0 spiro atoms. The van der Waals surface area contributed by atoms with E-state index < -0.39 is 10.0 Å². The highest BCUT2D eigenvalue weighted by atomic mass is 32.2. The van der Waals surface area contributed by atoms with Gasteiger partial charge in [0.05, 0.1) is 5.75 Å². The van der Waals surface area contributed by atoms with Crippen LogP contribution in [0.4, 0.5) is 0 Å². The molecule has 2 rings (SSSR count). The minimum absolute atomic E-state index is 0.0309. The van der Waals surface area contributed by atoms with Crippen LogP contribution in [0.25, 0.3) is 0 Å². The van der Waals surface area contributed by atoms with E-state index in [9.17, 15) is 13.2 Å². The fourth-order valence-corrected chi connectivity index (χ4v) is 4.50. The number of rotatable bonds is 3. The molecule has 1 saturated heterocycles. The molecule has 2 aliphatic rings. The minimum atomic E-state index is -3.15. The van der Waals surface area contributed by atoms with Gasteiger partial charge in [-0.25, -0.2) is 8.42 Å². The zero-order valence-electron chi connectivity index (χ0n) is 10.4. The van der Waals surface area contributed by atoms with E-state index in [1.807, 2.05) is 0 Å². The number of hydrogen-bond acceptors (Lipinski definition) is 3. The Morgan fingerprint density at radius 1 is 1.24 bits per heavy atom. The summed E-state index contributed by atoms with van der Waals surface area (Å²) >= 11 is 0. The Balaban J connectivity index is 2.20. The molecule has 1 aliphatic heterocycles. The van der Waals surface area contributed by atoms with E-state index in [1.165, 1.54) is 0 Å². The maximum Gasteiger partial charge on any atom is 0.214 e. The van der Waals surface area contributed by atoms with Gasteiger partial charge in [0.15, 0.2) is 0 Å². The largest absolute Gasteiger partial charge is 0.299 e. The fraction of sp³-hybridized carbons (Fsp3) is 0.917. The molecule has 1 saturated carbocycles. The lowest BCUT2D eigenvalue weighted by atomic mass is 9.90. The molecule has 0 N–H and O–H groups in total. The lowest BCUT2D eigenvalue weighted by Gasteiger charge is -2.37. The van der Waals surface area contributed by atoms with E-state index >= 15 is 0 Å². The van der Waals surface area contributed by atoms with Crippen LogP contribution < -0.4 is 0 Å². The van der Waals surface area contributed by atoms with E-state index in [0.29, 0.717) is 13.0 Å². The highest BCUT2D eigenvalue weighted by Crippen LogP contribution is 2.34. The van der Waals surface area contributed by atoms with Crippen molar-refractivity contribution in [3.05, 3.63) is 0 Å². The first-order valence-corrected chi connectivity index (χ1v) is 8.19. The summed E-state index contributed by atoms with van der Waals surface area (Å²) in [6.07, 6.45) is 5.27. The third kappa shape index (κ3) is 2.55. The van der Waals surface area contributed by atoms with E-state index in [1.54, 1.807) is 11.2 Å². The third-order valence-electron chi connectivity index (χ3n) is 4.04. The molecule has 2 fully saturated rings. The number of ketones is 1. The normalized spacial score (nSPS) is 31.9. The van der Waals surface area contributed by atoms with Crippen LogP contribution in [-0.2, 0) is 14.8 Å². The number of Topliss-reactive ketones (excluding diaryl/α,β-unsaturated/α-hetero) is 1. The lowest BCUT2D eigenvalue weighted by Crippen LogP contribution is -2.49. The Hall–Kier alpha value is -0.420.